The number of ether oxygens (including phenoxy) is 1. The number of allylic oxidation sites excluding steroid dienone is 1. The minimum absolute atomic E-state index is 0.0374. The van der Waals surface area contributed by atoms with E-state index in [0.29, 0.717) is 22.5 Å². The standard InChI is InChI=1S/C20H12O4/c1-20-9-15(22)14(21)8-13(20)17-18(23)11-6-2-4-10-5-3-7-12(16(10)11)19(17)24-20/h2-8H,9H2,1H3. The Bertz CT molecular complexity index is 1060. The minimum atomic E-state index is -0.949. The number of ketones is 3. The van der Waals surface area contributed by atoms with Gasteiger partial charge < -0.3 is 4.74 Å². The van der Waals surface area contributed by atoms with Crippen molar-refractivity contribution in [2.24, 2.45) is 0 Å². The molecule has 1 heterocycles. The molecule has 0 radical (unpaired) electrons. The molecule has 1 aliphatic heterocycles. The second-order valence-corrected chi connectivity index (χ2v) is 6.60. The van der Waals surface area contributed by atoms with Crippen molar-refractivity contribution in [2.45, 2.75) is 18.9 Å². The lowest BCUT2D eigenvalue weighted by Gasteiger charge is -2.28. The van der Waals surface area contributed by atoms with Crippen LogP contribution >= 0.6 is 0 Å². The van der Waals surface area contributed by atoms with Gasteiger partial charge in [0.15, 0.2) is 5.78 Å². The van der Waals surface area contributed by atoms with E-state index in [4.69, 9.17) is 4.74 Å². The molecule has 116 valence electrons. The summed E-state index contributed by atoms with van der Waals surface area (Å²) in [4.78, 5) is 36.8. The summed E-state index contributed by atoms with van der Waals surface area (Å²) in [5.41, 5.74) is 1.45. The molecule has 4 nitrogen and oxygen atoms in total. The molecule has 3 aliphatic rings. The molecule has 0 bridgehead atoms. The molecule has 1 unspecified atom stereocenters. The third-order valence-corrected chi connectivity index (χ3v) is 5.06. The Hall–Kier alpha value is -3.01. The third-order valence-electron chi connectivity index (χ3n) is 5.06. The topological polar surface area (TPSA) is 60.4 Å². The maximum absolute atomic E-state index is 13.1. The largest absolute Gasteiger partial charge is 0.481 e. The predicted octanol–water partition coefficient (Wildman–Crippen LogP) is 3.00. The Balaban J connectivity index is 1.86. The van der Waals surface area contributed by atoms with Crippen LogP contribution in [0.15, 0.2) is 53.6 Å². The van der Waals surface area contributed by atoms with Crippen LogP contribution in [0.4, 0.5) is 0 Å². The van der Waals surface area contributed by atoms with Crippen molar-refractivity contribution in [3.63, 3.8) is 0 Å². The zero-order valence-corrected chi connectivity index (χ0v) is 12.9. The Labute approximate surface area is 137 Å². The van der Waals surface area contributed by atoms with E-state index < -0.39 is 17.2 Å². The molecule has 4 heteroatoms. The maximum Gasteiger partial charge on any atom is 0.222 e. The monoisotopic (exact) mass is 316 g/mol. The molecule has 0 saturated carbocycles. The van der Waals surface area contributed by atoms with Crippen molar-refractivity contribution in [1.29, 1.82) is 0 Å². The van der Waals surface area contributed by atoms with Crippen LogP contribution in [0.5, 0.6) is 0 Å². The summed E-state index contributed by atoms with van der Waals surface area (Å²) in [5.74, 6) is -0.707. The van der Waals surface area contributed by atoms with Crippen LogP contribution in [0, 0.1) is 0 Å². The summed E-state index contributed by atoms with van der Waals surface area (Å²) < 4.78 is 6.11. The van der Waals surface area contributed by atoms with Crippen LogP contribution in [0.25, 0.3) is 16.5 Å². The van der Waals surface area contributed by atoms with Gasteiger partial charge in [-0.2, -0.15) is 0 Å². The van der Waals surface area contributed by atoms with Crippen LogP contribution in [-0.4, -0.2) is 23.0 Å². The molecule has 24 heavy (non-hydrogen) atoms. The Kier molecular flexibility index (Phi) is 2.29. The lowest BCUT2D eigenvalue weighted by atomic mass is 9.77. The van der Waals surface area contributed by atoms with Crippen molar-refractivity contribution >= 4 is 33.9 Å². The number of benzene rings is 2. The van der Waals surface area contributed by atoms with E-state index in [-0.39, 0.29) is 12.2 Å². The molecule has 1 atom stereocenters. The Morgan fingerprint density at radius 3 is 2.46 bits per heavy atom. The first-order valence-corrected chi connectivity index (χ1v) is 7.79. The van der Waals surface area contributed by atoms with Crippen molar-refractivity contribution in [3.8, 4) is 0 Å². The summed E-state index contributed by atoms with van der Waals surface area (Å²) in [5, 5.41) is 1.83. The summed E-state index contributed by atoms with van der Waals surface area (Å²) in [6.45, 7) is 1.76. The molecule has 0 N–H and O–H groups in total. The number of carbonyl (C=O) groups excluding carboxylic acids is 3. The first-order chi connectivity index (χ1) is 11.5. The third kappa shape index (κ3) is 1.46. The van der Waals surface area contributed by atoms with Crippen LogP contribution < -0.4 is 0 Å². The highest BCUT2D eigenvalue weighted by Gasteiger charge is 2.51. The Morgan fingerprint density at radius 2 is 1.71 bits per heavy atom. The van der Waals surface area contributed by atoms with E-state index in [1.165, 1.54) is 6.08 Å². The molecule has 2 aliphatic carbocycles. The van der Waals surface area contributed by atoms with Crippen molar-refractivity contribution in [3.05, 3.63) is 64.7 Å². The quantitative estimate of drug-likeness (QED) is 0.701. The van der Waals surface area contributed by atoms with Gasteiger partial charge in [0.05, 0.1) is 12.0 Å². The molecule has 2 aromatic rings. The van der Waals surface area contributed by atoms with Crippen LogP contribution in [0.1, 0.15) is 29.3 Å². The normalized spacial score (nSPS) is 24.7. The van der Waals surface area contributed by atoms with Gasteiger partial charge >= 0.3 is 0 Å². The number of rotatable bonds is 0. The highest BCUT2D eigenvalue weighted by atomic mass is 16.5. The summed E-state index contributed by atoms with van der Waals surface area (Å²) in [7, 11) is 0. The predicted molar refractivity (Wildman–Crippen MR) is 87.4 cm³/mol. The number of hydrogen-bond donors (Lipinski definition) is 0. The van der Waals surface area contributed by atoms with E-state index in [0.717, 1.165) is 16.3 Å². The molecule has 0 spiro atoms. The second-order valence-electron chi connectivity index (χ2n) is 6.60. The average Bonchev–Trinajstić information content (AvgIpc) is 2.86. The van der Waals surface area contributed by atoms with Gasteiger partial charge in [-0.05, 0) is 18.4 Å². The lowest BCUT2D eigenvalue weighted by Crippen LogP contribution is -2.37. The molecule has 0 amide bonds. The summed E-state index contributed by atoms with van der Waals surface area (Å²) in [6, 6.07) is 11.4. The number of carbonyl (C=O) groups is 3. The van der Waals surface area contributed by atoms with Crippen molar-refractivity contribution in [1.82, 2.24) is 0 Å². The van der Waals surface area contributed by atoms with Gasteiger partial charge in [-0.25, -0.2) is 0 Å². The van der Waals surface area contributed by atoms with Gasteiger partial charge in [-0.15, -0.1) is 0 Å². The van der Waals surface area contributed by atoms with Crippen molar-refractivity contribution < 1.29 is 19.1 Å². The van der Waals surface area contributed by atoms with Crippen molar-refractivity contribution in [2.75, 3.05) is 0 Å². The van der Waals surface area contributed by atoms with Gasteiger partial charge in [0, 0.05) is 22.1 Å². The molecule has 0 aromatic heterocycles. The number of Topliss-reactive ketones (excluding diaryl/α,β-unsaturated/α-hetero) is 2. The van der Waals surface area contributed by atoms with Crippen LogP contribution in [-0.2, 0) is 14.3 Å². The summed E-state index contributed by atoms with van der Waals surface area (Å²) >= 11 is 0. The van der Waals surface area contributed by atoms with Crippen LogP contribution in [0.3, 0.4) is 0 Å². The minimum Gasteiger partial charge on any atom is -0.481 e. The molecule has 0 saturated heterocycles. The van der Waals surface area contributed by atoms with Crippen LogP contribution in [0.2, 0.25) is 0 Å². The van der Waals surface area contributed by atoms with E-state index in [1.54, 1.807) is 13.0 Å². The lowest BCUT2D eigenvalue weighted by molar-refractivity contribution is -0.136. The molecule has 5 rings (SSSR count). The summed E-state index contributed by atoms with van der Waals surface area (Å²) in [6.07, 6.45) is 1.24. The molecule has 0 fully saturated rings. The first kappa shape index (κ1) is 13.4. The van der Waals surface area contributed by atoms with Gasteiger partial charge in [-0.1, -0.05) is 36.4 Å². The highest BCUT2D eigenvalue weighted by molar-refractivity contribution is 6.43. The van der Waals surface area contributed by atoms with Gasteiger partial charge in [0.1, 0.15) is 11.4 Å². The zero-order chi connectivity index (χ0) is 16.6. The second kappa shape index (κ2) is 4.09. The highest BCUT2D eigenvalue weighted by Crippen LogP contribution is 2.51. The SMILES string of the molecule is CC12CC(=O)C(=O)C=C1C1=C(O2)c2cccc3cccc(c23)C1=O. The Morgan fingerprint density at radius 1 is 1.00 bits per heavy atom. The van der Waals surface area contributed by atoms with E-state index in [2.05, 4.69) is 0 Å². The smallest absolute Gasteiger partial charge is 0.222 e. The van der Waals surface area contributed by atoms with Gasteiger partial charge in [0.2, 0.25) is 11.6 Å². The molecular weight excluding hydrogens is 304 g/mol. The zero-order valence-electron chi connectivity index (χ0n) is 12.9. The van der Waals surface area contributed by atoms with E-state index >= 15 is 0 Å². The fourth-order valence-corrected chi connectivity index (χ4v) is 3.95. The fourth-order valence-electron chi connectivity index (χ4n) is 3.95. The average molecular weight is 316 g/mol. The number of fused-ring (bicyclic) bond motifs is 3. The first-order valence-electron chi connectivity index (χ1n) is 7.79. The van der Waals surface area contributed by atoms with E-state index in [1.807, 2.05) is 30.3 Å². The fraction of sp³-hybridized carbons (Fsp3) is 0.150. The maximum atomic E-state index is 13.1. The van der Waals surface area contributed by atoms with Gasteiger partial charge in [-0.3, -0.25) is 14.4 Å². The number of hydrogen-bond acceptors (Lipinski definition) is 4. The molecule has 2 aromatic carbocycles. The van der Waals surface area contributed by atoms with Gasteiger partial charge in [0.25, 0.3) is 0 Å². The van der Waals surface area contributed by atoms with E-state index in [9.17, 15) is 14.4 Å². The molecular formula is C20H12O4.